The van der Waals surface area contributed by atoms with Gasteiger partial charge in [-0.1, -0.05) is 48.5 Å². The molecule has 2 aromatic carbocycles. The Kier molecular flexibility index (Phi) is 7.17. The van der Waals surface area contributed by atoms with Crippen molar-refractivity contribution in [3.63, 3.8) is 0 Å². The number of benzene rings is 2. The molecule has 1 aliphatic carbocycles. The van der Waals surface area contributed by atoms with Crippen molar-refractivity contribution in [2.24, 2.45) is 5.41 Å². The molecule has 2 unspecified atom stereocenters. The van der Waals surface area contributed by atoms with E-state index in [0.717, 1.165) is 22.3 Å². The molecule has 8 nitrogen and oxygen atoms in total. The van der Waals surface area contributed by atoms with E-state index in [4.69, 9.17) is 14.6 Å². The van der Waals surface area contributed by atoms with E-state index in [2.05, 4.69) is 34.9 Å². The van der Waals surface area contributed by atoms with E-state index in [1.807, 2.05) is 24.3 Å². The predicted octanol–water partition coefficient (Wildman–Crippen LogP) is 3.30. The summed E-state index contributed by atoms with van der Waals surface area (Å²) in [6, 6.07) is 15.7. The van der Waals surface area contributed by atoms with Crippen molar-refractivity contribution in [2.75, 3.05) is 26.4 Å². The van der Waals surface area contributed by atoms with Gasteiger partial charge in [-0.3, -0.25) is 9.59 Å². The molecule has 1 fully saturated rings. The van der Waals surface area contributed by atoms with Crippen molar-refractivity contribution < 1.29 is 29.0 Å². The zero-order valence-electron chi connectivity index (χ0n) is 19.2. The maximum atomic E-state index is 12.8. The van der Waals surface area contributed by atoms with Gasteiger partial charge < -0.3 is 25.2 Å². The van der Waals surface area contributed by atoms with Crippen LogP contribution in [0.4, 0.5) is 4.79 Å². The average molecular weight is 467 g/mol. The summed E-state index contributed by atoms with van der Waals surface area (Å²) in [5.41, 5.74) is 3.65. The fourth-order valence-electron chi connectivity index (χ4n) is 4.69. The van der Waals surface area contributed by atoms with Crippen LogP contribution < -0.4 is 10.6 Å². The van der Waals surface area contributed by atoms with Crippen molar-refractivity contribution >= 4 is 18.0 Å². The molecular formula is C26H30N2O6. The molecule has 2 amide bonds. The van der Waals surface area contributed by atoms with Crippen molar-refractivity contribution in [2.45, 2.75) is 38.1 Å². The Morgan fingerprint density at radius 2 is 1.71 bits per heavy atom. The largest absolute Gasteiger partial charge is 0.481 e. The van der Waals surface area contributed by atoms with E-state index in [9.17, 15) is 14.4 Å². The van der Waals surface area contributed by atoms with E-state index < -0.39 is 23.5 Å². The molecule has 2 atom stereocenters. The molecule has 8 heteroatoms. The van der Waals surface area contributed by atoms with Crippen LogP contribution in [0.5, 0.6) is 0 Å². The summed E-state index contributed by atoms with van der Waals surface area (Å²) < 4.78 is 11.1. The van der Waals surface area contributed by atoms with Crippen LogP contribution in [0.2, 0.25) is 0 Å². The molecule has 0 saturated carbocycles. The molecule has 180 valence electrons. The minimum atomic E-state index is -0.932. The van der Waals surface area contributed by atoms with E-state index in [1.54, 1.807) is 6.92 Å². The van der Waals surface area contributed by atoms with Gasteiger partial charge in [0.05, 0.1) is 24.7 Å². The van der Waals surface area contributed by atoms with Crippen molar-refractivity contribution in [3.05, 3.63) is 59.7 Å². The number of amides is 2. The monoisotopic (exact) mass is 466 g/mol. The number of carboxylic acid groups (broad SMARTS) is 1. The lowest BCUT2D eigenvalue weighted by Crippen LogP contribution is -2.53. The number of nitrogens with one attached hydrogen (secondary N) is 2. The molecule has 3 N–H and O–H groups in total. The number of hydrogen-bond acceptors (Lipinski definition) is 5. The van der Waals surface area contributed by atoms with Gasteiger partial charge in [-0.05, 0) is 42.0 Å². The Labute approximate surface area is 198 Å². The first-order valence-corrected chi connectivity index (χ1v) is 11.6. The molecule has 1 saturated heterocycles. The summed E-state index contributed by atoms with van der Waals surface area (Å²) >= 11 is 0. The number of carbonyl (C=O) groups is 3. The summed E-state index contributed by atoms with van der Waals surface area (Å²) in [4.78, 5) is 36.1. The number of hydrogen-bond donors (Lipinski definition) is 3. The van der Waals surface area contributed by atoms with E-state index in [0.29, 0.717) is 19.4 Å². The van der Waals surface area contributed by atoms with Crippen LogP contribution in [0.3, 0.4) is 0 Å². The van der Waals surface area contributed by atoms with Crippen LogP contribution in [-0.4, -0.2) is 55.5 Å². The quantitative estimate of drug-likeness (QED) is 0.489. The number of fused-ring (bicyclic) bond motifs is 3. The summed E-state index contributed by atoms with van der Waals surface area (Å²) in [5.74, 6) is -1.13. The van der Waals surface area contributed by atoms with Gasteiger partial charge >= 0.3 is 12.1 Å². The van der Waals surface area contributed by atoms with Gasteiger partial charge in [0.2, 0.25) is 5.91 Å². The van der Waals surface area contributed by atoms with E-state index in [1.165, 1.54) is 0 Å². The lowest BCUT2D eigenvalue weighted by molar-refractivity contribution is -0.137. The second kappa shape index (κ2) is 10.3. The first kappa shape index (κ1) is 23.8. The van der Waals surface area contributed by atoms with Gasteiger partial charge in [-0.25, -0.2) is 4.79 Å². The predicted molar refractivity (Wildman–Crippen MR) is 125 cm³/mol. The Morgan fingerprint density at radius 1 is 1.06 bits per heavy atom. The van der Waals surface area contributed by atoms with Crippen molar-refractivity contribution in [3.8, 4) is 11.1 Å². The molecule has 1 aliphatic heterocycles. The lowest BCUT2D eigenvalue weighted by atomic mass is 9.84. The van der Waals surface area contributed by atoms with Crippen molar-refractivity contribution in [1.82, 2.24) is 10.6 Å². The minimum Gasteiger partial charge on any atom is -0.481 e. The molecule has 4 rings (SSSR count). The third-order valence-corrected chi connectivity index (χ3v) is 6.71. The average Bonchev–Trinajstić information content (AvgIpc) is 3.35. The first-order chi connectivity index (χ1) is 16.4. The van der Waals surface area contributed by atoms with Crippen LogP contribution in [-0.2, 0) is 19.1 Å². The van der Waals surface area contributed by atoms with Gasteiger partial charge in [0.15, 0.2) is 0 Å². The molecule has 0 spiro atoms. The molecule has 0 radical (unpaired) electrons. The van der Waals surface area contributed by atoms with E-state index >= 15 is 0 Å². The highest BCUT2D eigenvalue weighted by molar-refractivity contribution is 5.84. The summed E-state index contributed by atoms with van der Waals surface area (Å²) in [6.07, 6.45) is 0.546. The van der Waals surface area contributed by atoms with Crippen LogP contribution in [0.15, 0.2) is 48.5 Å². The lowest BCUT2D eigenvalue weighted by Gasteiger charge is -2.28. The Balaban J connectivity index is 1.32. The van der Waals surface area contributed by atoms with Crippen LogP contribution in [0.25, 0.3) is 11.1 Å². The highest BCUT2D eigenvalue weighted by Crippen LogP contribution is 2.44. The highest BCUT2D eigenvalue weighted by atomic mass is 16.5. The van der Waals surface area contributed by atoms with Gasteiger partial charge in [-0.2, -0.15) is 0 Å². The third-order valence-electron chi connectivity index (χ3n) is 6.71. The molecule has 1 heterocycles. The number of alkyl carbamates (subject to hydrolysis) is 1. The number of unbranched alkanes of at least 4 members (excludes halogenated alkanes) is 1. The SMILES string of the molecule is CC1(C(=O)NCCCCC(=O)O)COCC1NC(=O)OCC1c2ccccc2-c2ccccc21. The maximum Gasteiger partial charge on any atom is 0.407 e. The van der Waals surface area contributed by atoms with Gasteiger partial charge in [0, 0.05) is 18.9 Å². The van der Waals surface area contributed by atoms with Crippen LogP contribution in [0.1, 0.15) is 43.2 Å². The summed E-state index contributed by atoms with van der Waals surface area (Å²) in [5, 5.41) is 14.4. The number of ether oxygens (including phenoxy) is 2. The smallest absolute Gasteiger partial charge is 0.407 e. The second-order valence-electron chi connectivity index (χ2n) is 9.06. The molecule has 2 aromatic rings. The molecule has 2 aliphatic rings. The zero-order valence-corrected chi connectivity index (χ0v) is 19.2. The molecular weight excluding hydrogens is 436 g/mol. The number of rotatable bonds is 9. The summed E-state index contributed by atoms with van der Waals surface area (Å²) in [7, 11) is 0. The number of carbonyl (C=O) groups excluding carboxylic acids is 2. The Bertz CT molecular complexity index is 1030. The standard InChI is InChI=1S/C26H30N2O6/c1-26(24(31)27-13-7-6-12-23(29)30)16-33-15-22(26)28-25(32)34-14-21-19-10-4-2-8-17(19)18-9-3-5-11-20(18)21/h2-5,8-11,21-22H,6-7,12-16H2,1H3,(H,27,31)(H,28,32)(H,29,30). The molecule has 0 bridgehead atoms. The van der Waals surface area contributed by atoms with Crippen LogP contribution >= 0.6 is 0 Å². The van der Waals surface area contributed by atoms with Gasteiger partial charge in [-0.15, -0.1) is 0 Å². The van der Waals surface area contributed by atoms with Gasteiger partial charge in [0.1, 0.15) is 6.61 Å². The minimum absolute atomic E-state index is 0.0431. The number of aliphatic carboxylic acids is 1. The maximum absolute atomic E-state index is 12.8. The Hall–Kier alpha value is -3.39. The molecule has 0 aromatic heterocycles. The normalized spacial score (nSPS) is 20.9. The summed E-state index contributed by atoms with van der Waals surface area (Å²) in [6.45, 7) is 2.72. The second-order valence-corrected chi connectivity index (χ2v) is 9.06. The molecule has 34 heavy (non-hydrogen) atoms. The number of carboxylic acids is 1. The van der Waals surface area contributed by atoms with Gasteiger partial charge in [0.25, 0.3) is 0 Å². The third kappa shape index (κ3) is 4.92. The highest BCUT2D eigenvalue weighted by Gasteiger charge is 2.47. The van der Waals surface area contributed by atoms with E-state index in [-0.39, 0.29) is 38.1 Å². The van der Waals surface area contributed by atoms with Crippen molar-refractivity contribution in [1.29, 1.82) is 0 Å². The first-order valence-electron chi connectivity index (χ1n) is 11.6. The Morgan fingerprint density at radius 3 is 2.35 bits per heavy atom. The zero-order chi connectivity index (χ0) is 24.1. The topological polar surface area (TPSA) is 114 Å². The fraction of sp³-hybridized carbons (Fsp3) is 0.423. The fourth-order valence-corrected chi connectivity index (χ4v) is 4.69. The van der Waals surface area contributed by atoms with Crippen LogP contribution in [0, 0.1) is 5.41 Å².